The number of carboxylic acids is 1. The Labute approximate surface area is 188 Å². The minimum atomic E-state index is -1.04. The van der Waals surface area contributed by atoms with Crippen molar-refractivity contribution in [1.82, 2.24) is 10.6 Å². The largest absolute Gasteiger partial charge is 0.480 e. The molecule has 170 valence electrons. The van der Waals surface area contributed by atoms with Crippen LogP contribution in [-0.2, 0) is 14.3 Å². The summed E-state index contributed by atoms with van der Waals surface area (Å²) in [7, 11) is 0. The Morgan fingerprint density at radius 3 is 2.16 bits per heavy atom. The van der Waals surface area contributed by atoms with Crippen LogP contribution in [0.2, 0.25) is 0 Å². The Balaban J connectivity index is 1.42. The van der Waals surface area contributed by atoms with Crippen molar-refractivity contribution in [3.05, 3.63) is 59.7 Å². The molecule has 3 N–H and O–H groups in total. The van der Waals surface area contributed by atoms with Crippen molar-refractivity contribution < 1.29 is 24.2 Å². The van der Waals surface area contributed by atoms with Crippen LogP contribution < -0.4 is 10.6 Å². The Morgan fingerprint density at radius 2 is 1.59 bits per heavy atom. The molecule has 0 unspecified atom stereocenters. The summed E-state index contributed by atoms with van der Waals surface area (Å²) < 4.78 is 5.46. The molecule has 0 bridgehead atoms. The van der Waals surface area contributed by atoms with Gasteiger partial charge in [-0.2, -0.15) is 0 Å². The van der Waals surface area contributed by atoms with Gasteiger partial charge >= 0.3 is 12.1 Å². The van der Waals surface area contributed by atoms with Crippen LogP contribution in [0.25, 0.3) is 11.1 Å². The van der Waals surface area contributed by atoms with Crippen molar-refractivity contribution in [1.29, 1.82) is 0 Å². The molecule has 0 aliphatic heterocycles. The van der Waals surface area contributed by atoms with Gasteiger partial charge in [0.05, 0.1) is 0 Å². The quantitative estimate of drug-likeness (QED) is 0.488. The number of hydrogen-bond acceptors (Lipinski definition) is 4. The summed E-state index contributed by atoms with van der Waals surface area (Å²) in [6, 6.07) is 15.4. The zero-order valence-corrected chi connectivity index (χ0v) is 18.5. The van der Waals surface area contributed by atoms with E-state index in [1.54, 1.807) is 0 Å². The zero-order valence-electron chi connectivity index (χ0n) is 18.5. The molecule has 1 atom stereocenters. The summed E-state index contributed by atoms with van der Waals surface area (Å²) in [6.45, 7) is 4.31. The molecule has 0 spiro atoms. The van der Waals surface area contributed by atoms with Crippen molar-refractivity contribution in [3.8, 4) is 11.1 Å². The lowest BCUT2D eigenvalue weighted by Crippen LogP contribution is -2.41. The van der Waals surface area contributed by atoms with E-state index in [9.17, 15) is 19.5 Å². The molecular weight excluding hydrogens is 408 g/mol. The van der Waals surface area contributed by atoms with Crippen LogP contribution in [0.1, 0.15) is 50.2 Å². The highest BCUT2D eigenvalue weighted by Crippen LogP contribution is 2.44. The average molecular weight is 439 g/mol. The van der Waals surface area contributed by atoms with Crippen LogP contribution >= 0.6 is 0 Å². The van der Waals surface area contributed by atoms with E-state index in [1.165, 1.54) is 11.1 Å². The number of fused-ring (bicyclic) bond motifs is 3. The topological polar surface area (TPSA) is 105 Å². The Bertz CT molecular complexity index is 927. The first-order valence-electron chi connectivity index (χ1n) is 11.0. The first-order valence-corrected chi connectivity index (χ1v) is 11.0. The van der Waals surface area contributed by atoms with Crippen LogP contribution in [0.15, 0.2) is 48.5 Å². The number of carboxylic acid groups (broad SMARTS) is 1. The van der Waals surface area contributed by atoms with E-state index < -0.39 is 18.1 Å². The molecule has 32 heavy (non-hydrogen) atoms. The number of carbonyl (C=O) groups excluding carboxylic acids is 2. The van der Waals surface area contributed by atoms with Crippen LogP contribution in [0.3, 0.4) is 0 Å². The third-order valence-electron chi connectivity index (χ3n) is 5.53. The van der Waals surface area contributed by atoms with Crippen molar-refractivity contribution in [2.75, 3.05) is 13.2 Å². The van der Waals surface area contributed by atoms with Gasteiger partial charge in [0.15, 0.2) is 0 Å². The van der Waals surface area contributed by atoms with Crippen molar-refractivity contribution in [2.45, 2.75) is 45.1 Å². The molecule has 0 saturated carbocycles. The molecule has 3 rings (SSSR count). The predicted molar refractivity (Wildman–Crippen MR) is 121 cm³/mol. The molecule has 0 radical (unpaired) electrons. The second kappa shape index (κ2) is 10.8. The average Bonchev–Trinajstić information content (AvgIpc) is 3.08. The monoisotopic (exact) mass is 438 g/mol. The molecule has 0 heterocycles. The molecule has 7 nitrogen and oxygen atoms in total. The summed E-state index contributed by atoms with van der Waals surface area (Å²) in [4.78, 5) is 35.4. The van der Waals surface area contributed by atoms with E-state index in [4.69, 9.17) is 4.74 Å². The standard InChI is InChI=1S/C25H30N2O5/c1-16(2)14-22(24(29)30)27-23(28)12-7-13-26-25(31)32-15-21-19-10-5-3-8-17(19)18-9-4-6-11-20(18)21/h3-6,8-11,16,21-22H,7,12-15H2,1-2H3,(H,26,31)(H,27,28)(H,29,30)/t22-/m0/s1. The fourth-order valence-electron chi connectivity index (χ4n) is 4.05. The molecule has 2 aromatic carbocycles. The highest BCUT2D eigenvalue weighted by atomic mass is 16.5. The molecule has 7 heteroatoms. The Morgan fingerprint density at radius 1 is 1.00 bits per heavy atom. The number of rotatable bonds is 10. The lowest BCUT2D eigenvalue weighted by molar-refractivity contribution is -0.142. The number of aliphatic carboxylic acids is 1. The Kier molecular flexibility index (Phi) is 7.87. The minimum absolute atomic E-state index is 0.00663. The number of ether oxygens (including phenoxy) is 1. The molecule has 2 aromatic rings. The van der Waals surface area contributed by atoms with Gasteiger partial charge in [-0.25, -0.2) is 9.59 Å². The van der Waals surface area contributed by atoms with Gasteiger partial charge in [-0.05, 0) is 41.0 Å². The number of alkyl carbamates (subject to hydrolysis) is 1. The highest BCUT2D eigenvalue weighted by Gasteiger charge is 2.29. The van der Waals surface area contributed by atoms with Crippen LogP contribution in [-0.4, -0.2) is 42.3 Å². The molecule has 0 saturated heterocycles. The lowest BCUT2D eigenvalue weighted by atomic mass is 9.98. The molecule has 0 aromatic heterocycles. The first-order chi connectivity index (χ1) is 15.4. The van der Waals surface area contributed by atoms with Gasteiger partial charge in [-0.15, -0.1) is 0 Å². The highest BCUT2D eigenvalue weighted by molar-refractivity contribution is 5.83. The normalized spacial score (nSPS) is 13.2. The summed E-state index contributed by atoms with van der Waals surface area (Å²) in [5.74, 6) is -1.23. The third-order valence-corrected chi connectivity index (χ3v) is 5.53. The lowest BCUT2D eigenvalue weighted by Gasteiger charge is -2.16. The maximum absolute atomic E-state index is 12.1. The maximum Gasteiger partial charge on any atom is 0.407 e. The second-order valence-electron chi connectivity index (χ2n) is 8.44. The summed E-state index contributed by atoms with van der Waals surface area (Å²) >= 11 is 0. The predicted octanol–water partition coefficient (Wildman–Crippen LogP) is 3.92. The summed E-state index contributed by atoms with van der Waals surface area (Å²) in [5, 5.41) is 14.4. The number of carbonyl (C=O) groups is 3. The van der Waals surface area contributed by atoms with E-state index in [-0.39, 0.29) is 37.3 Å². The van der Waals surface area contributed by atoms with Crippen molar-refractivity contribution >= 4 is 18.0 Å². The van der Waals surface area contributed by atoms with E-state index >= 15 is 0 Å². The molecule has 1 aliphatic rings. The van der Waals surface area contributed by atoms with E-state index in [1.807, 2.05) is 38.1 Å². The minimum Gasteiger partial charge on any atom is -0.480 e. The smallest absolute Gasteiger partial charge is 0.407 e. The van der Waals surface area contributed by atoms with Gasteiger partial charge in [0, 0.05) is 18.9 Å². The first kappa shape index (κ1) is 23.3. The Hall–Kier alpha value is -3.35. The van der Waals surface area contributed by atoms with Gasteiger partial charge in [0.25, 0.3) is 0 Å². The number of nitrogens with one attached hydrogen (secondary N) is 2. The van der Waals surface area contributed by atoms with Crippen LogP contribution in [0, 0.1) is 5.92 Å². The van der Waals surface area contributed by atoms with E-state index in [0.29, 0.717) is 12.8 Å². The molecule has 2 amide bonds. The molecular formula is C25H30N2O5. The van der Waals surface area contributed by atoms with E-state index in [0.717, 1.165) is 11.1 Å². The van der Waals surface area contributed by atoms with Crippen LogP contribution in [0.4, 0.5) is 4.79 Å². The molecule has 1 aliphatic carbocycles. The van der Waals surface area contributed by atoms with Crippen LogP contribution in [0.5, 0.6) is 0 Å². The molecule has 0 fully saturated rings. The van der Waals surface area contributed by atoms with Gasteiger partial charge in [-0.1, -0.05) is 62.4 Å². The van der Waals surface area contributed by atoms with Gasteiger partial charge < -0.3 is 20.5 Å². The summed E-state index contributed by atoms with van der Waals surface area (Å²) in [5.41, 5.74) is 4.63. The number of benzene rings is 2. The number of amides is 2. The summed E-state index contributed by atoms with van der Waals surface area (Å²) in [6.07, 6.45) is 0.366. The second-order valence-corrected chi connectivity index (χ2v) is 8.44. The zero-order chi connectivity index (χ0) is 23.1. The van der Waals surface area contributed by atoms with E-state index in [2.05, 4.69) is 34.9 Å². The van der Waals surface area contributed by atoms with Crippen molar-refractivity contribution in [2.24, 2.45) is 5.92 Å². The third kappa shape index (κ3) is 5.87. The SMILES string of the molecule is CC(C)C[C@H](NC(=O)CCCNC(=O)OCC1c2ccccc2-c2ccccc21)C(=O)O. The maximum atomic E-state index is 12.1. The van der Waals surface area contributed by atoms with Gasteiger partial charge in [-0.3, -0.25) is 4.79 Å². The number of hydrogen-bond donors (Lipinski definition) is 3. The van der Waals surface area contributed by atoms with Gasteiger partial charge in [0.2, 0.25) is 5.91 Å². The fraction of sp³-hybridized carbons (Fsp3) is 0.400. The fourth-order valence-corrected chi connectivity index (χ4v) is 4.05. The van der Waals surface area contributed by atoms with Crippen molar-refractivity contribution in [3.63, 3.8) is 0 Å². The van der Waals surface area contributed by atoms with Gasteiger partial charge in [0.1, 0.15) is 12.6 Å².